The Balaban J connectivity index is 1.16. The third kappa shape index (κ3) is 10.5. The SMILES string of the molecule is CC(C)(C)c1cc(CCCCCCCCCCCc2cc(C3CCCCC3)c(O)c(C(C)(C)C)c2)cc(C2CCCCC2)c1O. The number of hydrogen-bond acceptors (Lipinski definition) is 2. The van der Waals surface area contributed by atoms with E-state index >= 15 is 0 Å². The maximum absolute atomic E-state index is 11.2. The lowest BCUT2D eigenvalue weighted by molar-refractivity contribution is 0.402. The van der Waals surface area contributed by atoms with Crippen LogP contribution in [0, 0.1) is 0 Å². The average molecular weight is 617 g/mol. The molecule has 0 atom stereocenters. The summed E-state index contributed by atoms with van der Waals surface area (Å²) in [6.45, 7) is 13.4. The van der Waals surface area contributed by atoms with Crippen molar-refractivity contribution in [3.05, 3.63) is 57.6 Å². The summed E-state index contributed by atoms with van der Waals surface area (Å²) in [7, 11) is 0. The van der Waals surface area contributed by atoms with Crippen LogP contribution < -0.4 is 0 Å². The molecule has 0 aromatic heterocycles. The summed E-state index contributed by atoms with van der Waals surface area (Å²) in [4.78, 5) is 0. The predicted molar refractivity (Wildman–Crippen MR) is 194 cm³/mol. The van der Waals surface area contributed by atoms with Gasteiger partial charge in [-0.05, 0) is 107 Å². The van der Waals surface area contributed by atoms with Crippen molar-refractivity contribution in [1.82, 2.24) is 0 Å². The molecule has 2 aliphatic rings. The van der Waals surface area contributed by atoms with Crippen molar-refractivity contribution < 1.29 is 10.2 Å². The van der Waals surface area contributed by atoms with Crippen LogP contribution in [0.5, 0.6) is 11.5 Å². The molecule has 2 aliphatic carbocycles. The van der Waals surface area contributed by atoms with E-state index in [9.17, 15) is 10.2 Å². The van der Waals surface area contributed by atoms with Crippen molar-refractivity contribution >= 4 is 0 Å². The first-order chi connectivity index (χ1) is 21.4. The first kappa shape index (κ1) is 35.9. The van der Waals surface area contributed by atoms with Gasteiger partial charge in [0, 0.05) is 0 Å². The molecular formula is C43H68O2. The van der Waals surface area contributed by atoms with Crippen LogP contribution in [0.1, 0.15) is 209 Å². The van der Waals surface area contributed by atoms with Gasteiger partial charge in [0.1, 0.15) is 11.5 Å². The van der Waals surface area contributed by atoms with Gasteiger partial charge in [-0.15, -0.1) is 0 Å². The van der Waals surface area contributed by atoms with Crippen LogP contribution in [0.15, 0.2) is 24.3 Å². The standard InChI is InChI=1S/C43H68O2/c1-42(2,3)38-30-32(28-36(40(38)44)34-24-18-14-19-25-34)22-16-12-10-8-7-9-11-13-17-23-33-29-37(35-26-20-15-21-27-35)41(45)39(31-33)43(4,5)6/h28-31,34-35,44-45H,7-27H2,1-6H3. The Kier molecular flexibility index (Phi) is 13.3. The lowest BCUT2D eigenvalue weighted by Crippen LogP contribution is -2.14. The highest BCUT2D eigenvalue weighted by atomic mass is 16.3. The van der Waals surface area contributed by atoms with Crippen LogP contribution in [0.2, 0.25) is 0 Å². The van der Waals surface area contributed by atoms with Crippen molar-refractivity contribution in [3.8, 4) is 11.5 Å². The van der Waals surface area contributed by atoms with Crippen LogP contribution in [0.3, 0.4) is 0 Å². The first-order valence-corrected chi connectivity index (χ1v) is 19.2. The molecule has 2 fully saturated rings. The zero-order chi connectivity index (χ0) is 32.5. The molecule has 0 radical (unpaired) electrons. The van der Waals surface area contributed by atoms with Gasteiger partial charge >= 0.3 is 0 Å². The second kappa shape index (κ2) is 16.7. The van der Waals surface area contributed by atoms with E-state index in [1.165, 1.54) is 144 Å². The Morgan fingerprint density at radius 1 is 0.467 bits per heavy atom. The van der Waals surface area contributed by atoms with Gasteiger partial charge < -0.3 is 10.2 Å². The van der Waals surface area contributed by atoms with Crippen LogP contribution >= 0.6 is 0 Å². The van der Waals surface area contributed by atoms with Gasteiger partial charge in [0.2, 0.25) is 0 Å². The molecule has 0 saturated heterocycles. The number of hydrogen-bond donors (Lipinski definition) is 2. The molecule has 0 aliphatic heterocycles. The number of benzene rings is 2. The second-order valence-electron chi connectivity index (χ2n) is 17.0. The van der Waals surface area contributed by atoms with E-state index in [1.54, 1.807) is 0 Å². The molecule has 2 heteroatoms. The minimum atomic E-state index is -0.0270. The number of phenols is 2. The maximum atomic E-state index is 11.2. The van der Waals surface area contributed by atoms with Crippen LogP contribution in [0.4, 0.5) is 0 Å². The van der Waals surface area contributed by atoms with Gasteiger partial charge in [0.25, 0.3) is 0 Å². The fourth-order valence-electron chi connectivity index (χ4n) is 8.22. The van der Waals surface area contributed by atoms with E-state index in [4.69, 9.17) is 0 Å². The van der Waals surface area contributed by atoms with E-state index in [0.717, 1.165) is 24.0 Å². The van der Waals surface area contributed by atoms with Crippen molar-refractivity contribution in [2.75, 3.05) is 0 Å². The summed E-state index contributed by atoms with van der Waals surface area (Å²) in [5.74, 6) is 2.25. The highest BCUT2D eigenvalue weighted by Crippen LogP contribution is 2.44. The van der Waals surface area contributed by atoms with E-state index in [2.05, 4.69) is 65.8 Å². The third-order valence-corrected chi connectivity index (χ3v) is 11.0. The Labute approximate surface area is 277 Å². The lowest BCUT2D eigenvalue weighted by Gasteiger charge is -2.28. The van der Waals surface area contributed by atoms with Crippen molar-refractivity contribution in [3.63, 3.8) is 0 Å². The van der Waals surface area contributed by atoms with Crippen molar-refractivity contribution in [1.29, 1.82) is 0 Å². The molecule has 2 saturated carbocycles. The highest BCUT2D eigenvalue weighted by Gasteiger charge is 2.27. The van der Waals surface area contributed by atoms with E-state index in [1.807, 2.05) is 0 Å². The topological polar surface area (TPSA) is 40.5 Å². The molecule has 0 bridgehead atoms. The lowest BCUT2D eigenvalue weighted by atomic mass is 9.78. The summed E-state index contributed by atoms with van der Waals surface area (Å²) in [6, 6.07) is 9.33. The largest absolute Gasteiger partial charge is 0.507 e. The molecule has 0 amide bonds. The van der Waals surface area contributed by atoms with E-state index in [0.29, 0.717) is 23.3 Å². The monoisotopic (exact) mass is 617 g/mol. The van der Waals surface area contributed by atoms with E-state index in [-0.39, 0.29) is 10.8 Å². The summed E-state index contributed by atoms with van der Waals surface area (Å²) < 4.78 is 0. The molecule has 2 aromatic carbocycles. The number of aryl methyl sites for hydroxylation is 2. The quantitative estimate of drug-likeness (QED) is 0.207. The predicted octanol–water partition coefficient (Wildman–Crippen LogP) is 13.1. The molecule has 2 nitrogen and oxygen atoms in total. The van der Waals surface area contributed by atoms with Crippen molar-refractivity contribution in [2.24, 2.45) is 0 Å². The van der Waals surface area contributed by atoms with Gasteiger partial charge in [0.15, 0.2) is 0 Å². The van der Waals surface area contributed by atoms with Crippen LogP contribution in [0.25, 0.3) is 0 Å². The van der Waals surface area contributed by atoms with Gasteiger partial charge in [-0.25, -0.2) is 0 Å². The summed E-state index contributed by atoms with van der Waals surface area (Å²) >= 11 is 0. The van der Waals surface area contributed by atoms with E-state index < -0.39 is 0 Å². The normalized spacial score (nSPS) is 17.2. The Morgan fingerprint density at radius 2 is 0.778 bits per heavy atom. The highest BCUT2D eigenvalue weighted by molar-refractivity contribution is 5.50. The Hall–Kier alpha value is -1.96. The van der Waals surface area contributed by atoms with Crippen molar-refractivity contribution in [2.45, 2.75) is 199 Å². The minimum Gasteiger partial charge on any atom is -0.507 e. The average Bonchev–Trinajstić information content (AvgIpc) is 3.00. The Bertz CT molecular complexity index is 1090. The fourth-order valence-corrected chi connectivity index (χ4v) is 8.22. The molecular weight excluding hydrogens is 548 g/mol. The molecule has 252 valence electrons. The smallest absolute Gasteiger partial charge is 0.122 e. The number of unbranched alkanes of at least 4 members (excludes halogenated alkanes) is 8. The molecule has 45 heavy (non-hydrogen) atoms. The molecule has 2 N–H and O–H groups in total. The maximum Gasteiger partial charge on any atom is 0.122 e. The van der Waals surface area contributed by atoms with Gasteiger partial charge in [-0.1, -0.05) is 149 Å². The molecule has 0 heterocycles. The second-order valence-corrected chi connectivity index (χ2v) is 17.0. The Morgan fingerprint density at radius 3 is 1.09 bits per heavy atom. The zero-order valence-corrected chi connectivity index (χ0v) is 30.2. The molecule has 4 rings (SSSR count). The van der Waals surface area contributed by atoms with Crippen LogP contribution in [-0.4, -0.2) is 10.2 Å². The van der Waals surface area contributed by atoms with Gasteiger partial charge in [-0.2, -0.15) is 0 Å². The van der Waals surface area contributed by atoms with Gasteiger partial charge in [-0.3, -0.25) is 0 Å². The number of aromatic hydroxyl groups is 2. The number of phenolic OH excluding ortho intramolecular Hbond substituents is 2. The summed E-state index contributed by atoms with van der Waals surface area (Å²) in [6.07, 6.45) is 27.0. The van der Waals surface area contributed by atoms with Crippen LogP contribution in [-0.2, 0) is 23.7 Å². The zero-order valence-electron chi connectivity index (χ0n) is 30.2. The summed E-state index contributed by atoms with van der Waals surface area (Å²) in [5, 5.41) is 22.4. The molecule has 0 unspecified atom stereocenters. The fraction of sp³-hybridized carbons (Fsp3) is 0.721. The number of rotatable bonds is 14. The van der Waals surface area contributed by atoms with Gasteiger partial charge in [0.05, 0.1) is 0 Å². The molecule has 2 aromatic rings. The minimum absolute atomic E-state index is 0.0270. The first-order valence-electron chi connectivity index (χ1n) is 19.2. The third-order valence-electron chi connectivity index (χ3n) is 11.0. The summed E-state index contributed by atoms with van der Waals surface area (Å²) in [5.41, 5.74) is 7.58. The molecule has 0 spiro atoms.